The van der Waals surface area contributed by atoms with Crippen LogP contribution in [0.4, 0.5) is 5.69 Å². The van der Waals surface area contributed by atoms with Crippen LogP contribution in [-0.4, -0.2) is 26.2 Å². The van der Waals surface area contributed by atoms with Crippen LogP contribution in [-0.2, 0) is 6.42 Å². The van der Waals surface area contributed by atoms with Crippen molar-refractivity contribution in [3.05, 3.63) is 29.8 Å². The number of benzene rings is 1. The SMILES string of the molecule is CC(C)CNCCCCCN1CCCc2ccccc21. The first kappa shape index (κ1) is 15.4. The van der Waals surface area contributed by atoms with Gasteiger partial charge in [-0.15, -0.1) is 0 Å². The summed E-state index contributed by atoms with van der Waals surface area (Å²) in [6.45, 7) is 9.32. The third kappa shape index (κ3) is 4.82. The first-order chi connectivity index (χ1) is 9.77. The van der Waals surface area contributed by atoms with Crippen molar-refractivity contribution in [2.45, 2.75) is 46.0 Å². The van der Waals surface area contributed by atoms with Crippen molar-refractivity contribution in [3.8, 4) is 0 Å². The number of para-hydroxylation sites is 1. The number of hydrogen-bond acceptors (Lipinski definition) is 2. The Balaban J connectivity index is 1.63. The van der Waals surface area contributed by atoms with Gasteiger partial charge in [-0.3, -0.25) is 0 Å². The Bertz CT molecular complexity index is 387. The van der Waals surface area contributed by atoms with Gasteiger partial charge in [-0.25, -0.2) is 0 Å². The van der Waals surface area contributed by atoms with Crippen molar-refractivity contribution in [1.29, 1.82) is 0 Å². The van der Waals surface area contributed by atoms with Crippen LogP contribution in [0, 0.1) is 5.92 Å². The highest BCUT2D eigenvalue weighted by Gasteiger charge is 2.15. The van der Waals surface area contributed by atoms with Crippen LogP contribution in [0.2, 0.25) is 0 Å². The largest absolute Gasteiger partial charge is 0.371 e. The minimum atomic E-state index is 0.764. The summed E-state index contributed by atoms with van der Waals surface area (Å²) in [7, 11) is 0. The topological polar surface area (TPSA) is 15.3 Å². The van der Waals surface area contributed by atoms with Crippen LogP contribution < -0.4 is 10.2 Å². The molecule has 1 aliphatic heterocycles. The Morgan fingerprint density at radius 2 is 2.00 bits per heavy atom. The van der Waals surface area contributed by atoms with Crippen molar-refractivity contribution < 1.29 is 0 Å². The molecule has 20 heavy (non-hydrogen) atoms. The second kappa shape index (κ2) is 8.31. The lowest BCUT2D eigenvalue weighted by atomic mass is 10.0. The third-order valence-electron chi connectivity index (χ3n) is 4.04. The molecule has 0 atom stereocenters. The molecule has 0 amide bonds. The normalized spacial score (nSPS) is 14.7. The molecule has 0 bridgehead atoms. The minimum Gasteiger partial charge on any atom is -0.371 e. The number of fused-ring (bicyclic) bond motifs is 1. The summed E-state index contributed by atoms with van der Waals surface area (Å²) in [5.74, 6) is 0.764. The number of nitrogens with zero attached hydrogens (tertiary/aromatic N) is 1. The molecular weight excluding hydrogens is 244 g/mol. The lowest BCUT2D eigenvalue weighted by Gasteiger charge is -2.31. The molecule has 1 heterocycles. The van der Waals surface area contributed by atoms with Crippen molar-refractivity contribution in [2.75, 3.05) is 31.1 Å². The van der Waals surface area contributed by atoms with Crippen molar-refractivity contribution >= 4 is 5.69 Å². The van der Waals surface area contributed by atoms with E-state index >= 15 is 0 Å². The summed E-state index contributed by atoms with van der Waals surface area (Å²) in [6, 6.07) is 8.92. The Kier molecular flexibility index (Phi) is 6.38. The minimum absolute atomic E-state index is 0.764. The van der Waals surface area contributed by atoms with Crippen LogP contribution >= 0.6 is 0 Å². The number of rotatable bonds is 8. The first-order valence-corrected chi connectivity index (χ1v) is 8.31. The molecule has 1 aromatic carbocycles. The molecule has 0 aromatic heterocycles. The summed E-state index contributed by atoms with van der Waals surface area (Å²) in [5, 5.41) is 3.53. The average Bonchev–Trinajstić information content (AvgIpc) is 2.46. The molecule has 0 saturated carbocycles. The van der Waals surface area contributed by atoms with E-state index in [-0.39, 0.29) is 0 Å². The van der Waals surface area contributed by atoms with E-state index in [1.165, 1.54) is 63.0 Å². The van der Waals surface area contributed by atoms with E-state index in [1.807, 2.05) is 0 Å². The van der Waals surface area contributed by atoms with E-state index in [1.54, 1.807) is 0 Å². The highest BCUT2D eigenvalue weighted by Crippen LogP contribution is 2.26. The Hall–Kier alpha value is -1.02. The maximum atomic E-state index is 3.53. The summed E-state index contributed by atoms with van der Waals surface area (Å²) >= 11 is 0. The van der Waals surface area contributed by atoms with Crippen molar-refractivity contribution in [3.63, 3.8) is 0 Å². The summed E-state index contributed by atoms with van der Waals surface area (Å²) < 4.78 is 0. The molecule has 2 nitrogen and oxygen atoms in total. The van der Waals surface area contributed by atoms with Gasteiger partial charge >= 0.3 is 0 Å². The van der Waals surface area contributed by atoms with Gasteiger partial charge in [-0.1, -0.05) is 38.5 Å². The van der Waals surface area contributed by atoms with Crippen LogP contribution in [0.5, 0.6) is 0 Å². The van der Waals surface area contributed by atoms with E-state index in [4.69, 9.17) is 0 Å². The van der Waals surface area contributed by atoms with Crippen LogP contribution in [0.15, 0.2) is 24.3 Å². The fourth-order valence-corrected chi connectivity index (χ4v) is 2.96. The zero-order chi connectivity index (χ0) is 14.2. The summed E-state index contributed by atoms with van der Waals surface area (Å²) in [5.41, 5.74) is 3.02. The van der Waals surface area contributed by atoms with E-state index in [9.17, 15) is 0 Å². The maximum Gasteiger partial charge on any atom is 0.0398 e. The summed E-state index contributed by atoms with van der Waals surface area (Å²) in [6.07, 6.45) is 6.53. The Labute approximate surface area is 124 Å². The van der Waals surface area contributed by atoms with Gasteiger partial charge < -0.3 is 10.2 Å². The monoisotopic (exact) mass is 274 g/mol. The highest BCUT2D eigenvalue weighted by molar-refractivity contribution is 5.55. The lowest BCUT2D eigenvalue weighted by Crippen LogP contribution is -2.30. The van der Waals surface area contributed by atoms with Crippen LogP contribution in [0.3, 0.4) is 0 Å². The fourth-order valence-electron chi connectivity index (χ4n) is 2.96. The zero-order valence-electron chi connectivity index (χ0n) is 13.2. The number of hydrogen-bond donors (Lipinski definition) is 1. The van der Waals surface area contributed by atoms with Gasteiger partial charge in [0.15, 0.2) is 0 Å². The molecule has 2 heteroatoms. The van der Waals surface area contributed by atoms with Gasteiger partial charge in [-0.05, 0) is 56.3 Å². The smallest absolute Gasteiger partial charge is 0.0398 e. The molecular formula is C18H30N2. The van der Waals surface area contributed by atoms with Crippen LogP contribution in [0.25, 0.3) is 0 Å². The van der Waals surface area contributed by atoms with Crippen molar-refractivity contribution in [1.82, 2.24) is 5.32 Å². The van der Waals surface area contributed by atoms with E-state index in [0.717, 1.165) is 12.5 Å². The molecule has 1 aromatic rings. The molecule has 0 fully saturated rings. The van der Waals surface area contributed by atoms with E-state index < -0.39 is 0 Å². The molecule has 2 rings (SSSR count). The standard InChI is InChI=1S/C18H30N2/c1-16(2)15-19-12-6-3-7-13-20-14-8-10-17-9-4-5-11-18(17)20/h4-5,9,11,16,19H,3,6-8,10,12-15H2,1-2H3. The molecule has 112 valence electrons. The van der Waals surface area contributed by atoms with Gasteiger partial charge in [0.25, 0.3) is 0 Å². The van der Waals surface area contributed by atoms with Gasteiger partial charge in [0, 0.05) is 18.8 Å². The van der Waals surface area contributed by atoms with Gasteiger partial charge in [-0.2, -0.15) is 0 Å². The predicted octanol–water partition coefficient (Wildman–Crippen LogP) is 3.86. The second-order valence-corrected chi connectivity index (χ2v) is 6.38. The molecule has 1 N–H and O–H groups in total. The molecule has 0 unspecified atom stereocenters. The zero-order valence-corrected chi connectivity index (χ0v) is 13.2. The molecule has 0 spiro atoms. The second-order valence-electron chi connectivity index (χ2n) is 6.38. The van der Waals surface area contributed by atoms with E-state index in [0.29, 0.717) is 0 Å². The van der Waals surface area contributed by atoms with Crippen molar-refractivity contribution in [2.24, 2.45) is 5.92 Å². The van der Waals surface area contributed by atoms with Gasteiger partial charge in [0.05, 0.1) is 0 Å². The predicted molar refractivity (Wildman–Crippen MR) is 88.5 cm³/mol. The molecule has 0 radical (unpaired) electrons. The quantitative estimate of drug-likeness (QED) is 0.724. The highest BCUT2D eigenvalue weighted by atomic mass is 15.1. The first-order valence-electron chi connectivity index (χ1n) is 8.31. The third-order valence-corrected chi connectivity index (χ3v) is 4.04. The van der Waals surface area contributed by atoms with E-state index in [2.05, 4.69) is 48.3 Å². The number of aryl methyl sites for hydroxylation is 1. The van der Waals surface area contributed by atoms with Gasteiger partial charge in [0.2, 0.25) is 0 Å². The molecule has 1 aliphatic rings. The Morgan fingerprint density at radius 1 is 1.15 bits per heavy atom. The number of nitrogens with one attached hydrogen (secondary N) is 1. The fraction of sp³-hybridized carbons (Fsp3) is 0.667. The van der Waals surface area contributed by atoms with Crippen LogP contribution in [0.1, 0.15) is 45.1 Å². The molecule has 0 saturated heterocycles. The maximum absolute atomic E-state index is 3.53. The van der Waals surface area contributed by atoms with Gasteiger partial charge in [0.1, 0.15) is 0 Å². The lowest BCUT2D eigenvalue weighted by molar-refractivity contribution is 0.528. The number of anilines is 1. The average molecular weight is 274 g/mol. The Morgan fingerprint density at radius 3 is 2.85 bits per heavy atom. The number of unbranched alkanes of at least 4 members (excludes halogenated alkanes) is 2. The molecule has 0 aliphatic carbocycles. The summed E-state index contributed by atoms with van der Waals surface area (Å²) in [4.78, 5) is 2.58.